The summed E-state index contributed by atoms with van der Waals surface area (Å²) in [7, 11) is 0. The standard InChI is InChI=1S/C16H22FNO/c1-2-3-4-5-6-7-14(18)16-11-12-10-13(17)8-9-15(12)19-16/h8-11,14H,2-7,18H2,1H3. The van der Waals surface area contributed by atoms with E-state index in [2.05, 4.69) is 6.92 Å². The molecule has 0 saturated heterocycles. The van der Waals surface area contributed by atoms with Gasteiger partial charge in [-0.05, 0) is 30.7 Å². The molecule has 0 aliphatic rings. The molecule has 0 bridgehead atoms. The van der Waals surface area contributed by atoms with Crippen molar-refractivity contribution in [3.05, 3.63) is 35.8 Å². The summed E-state index contributed by atoms with van der Waals surface area (Å²) < 4.78 is 18.8. The monoisotopic (exact) mass is 263 g/mol. The topological polar surface area (TPSA) is 39.2 Å². The highest BCUT2D eigenvalue weighted by Gasteiger charge is 2.12. The second-order valence-electron chi connectivity index (χ2n) is 5.14. The van der Waals surface area contributed by atoms with Gasteiger partial charge < -0.3 is 10.2 Å². The summed E-state index contributed by atoms with van der Waals surface area (Å²) in [5.41, 5.74) is 6.83. The van der Waals surface area contributed by atoms with Crippen molar-refractivity contribution in [2.45, 2.75) is 51.5 Å². The maximum Gasteiger partial charge on any atom is 0.134 e. The van der Waals surface area contributed by atoms with Gasteiger partial charge in [0.2, 0.25) is 0 Å². The molecule has 104 valence electrons. The van der Waals surface area contributed by atoms with Gasteiger partial charge in [-0.2, -0.15) is 0 Å². The molecule has 1 aromatic heterocycles. The van der Waals surface area contributed by atoms with Crippen molar-refractivity contribution in [2.24, 2.45) is 5.73 Å². The van der Waals surface area contributed by atoms with E-state index in [9.17, 15) is 4.39 Å². The molecule has 0 aliphatic carbocycles. The number of rotatable bonds is 7. The van der Waals surface area contributed by atoms with E-state index in [1.165, 1.54) is 37.8 Å². The lowest BCUT2D eigenvalue weighted by Gasteiger charge is -2.07. The Labute approximate surface area is 113 Å². The number of nitrogens with two attached hydrogens (primary N) is 1. The molecule has 0 radical (unpaired) electrons. The van der Waals surface area contributed by atoms with E-state index in [-0.39, 0.29) is 11.9 Å². The van der Waals surface area contributed by atoms with Crippen LogP contribution in [-0.4, -0.2) is 0 Å². The lowest BCUT2D eigenvalue weighted by atomic mass is 10.1. The zero-order valence-electron chi connectivity index (χ0n) is 11.5. The van der Waals surface area contributed by atoms with Crippen LogP contribution in [0.5, 0.6) is 0 Å². The molecule has 1 aromatic carbocycles. The second kappa shape index (κ2) is 6.71. The summed E-state index contributed by atoms with van der Waals surface area (Å²) in [6.45, 7) is 2.21. The van der Waals surface area contributed by atoms with Crippen LogP contribution in [0.25, 0.3) is 11.0 Å². The van der Waals surface area contributed by atoms with Crippen molar-refractivity contribution in [2.75, 3.05) is 0 Å². The third kappa shape index (κ3) is 3.80. The van der Waals surface area contributed by atoms with Crippen LogP contribution in [0.1, 0.15) is 57.3 Å². The molecule has 2 rings (SSSR count). The van der Waals surface area contributed by atoms with Crippen molar-refractivity contribution >= 4 is 11.0 Å². The van der Waals surface area contributed by atoms with Crippen LogP contribution in [0, 0.1) is 5.82 Å². The Morgan fingerprint density at radius 1 is 1.16 bits per heavy atom. The Balaban J connectivity index is 1.91. The van der Waals surface area contributed by atoms with Crippen LogP contribution in [0.4, 0.5) is 4.39 Å². The molecule has 0 spiro atoms. The molecule has 0 aliphatic heterocycles. The summed E-state index contributed by atoms with van der Waals surface area (Å²) in [4.78, 5) is 0. The highest BCUT2D eigenvalue weighted by molar-refractivity contribution is 5.77. The molecule has 0 fully saturated rings. The van der Waals surface area contributed by atoms with Gasteiger partial charge in [-0.1, -0.05) is 39.0 Å². The van der Waals surface area contributed by atoms with Crippen molar-refractivity contribution in [3.8, 4) is 0 Å². The molecule has 2 aromatic rings. The first-order valence-corrected chi connectivity index (χ1v) is 7.15. The SMILES string of the molecule is CCCCCCCC(N)c1cc2cc(F)ccc2o1. The summed E-state index contributed by atoms with van der Waals surface area (Å²) in [5.74, 6) is 0.518. The summed E-state index contributed by atoms with van der Waals surface area (Å²) in [6.07, 6.45) is 7.07. The minimum absolute atomic E-state index is 0.0860. The normalized spacial score (nSPS) is 13.0. The van der Waals surface area contributed by atoms with Gasteiger partial charge in [-0.3, -0.25) is 0 Å². The molecule has 1 unspecified atom stereocenters. The van der Waals surface area contributed by atoms with Crippen LogP contribution in [-0.2, 0) is 0 Å². The van der Waals surface area contributed by atoms with Crippen molar-refractivity contribution < 1.29 is 8.81 Å². The van der Waals surface area contributed by atoms with Gasteiger partial charge >= 0.3 is 0 Å². The minimum atomic E-state index is -0.243. The number of fused-ring (bicyclic) bond motifs is 1. The molecular formula is C16H22FNO. The average Bonchev–Trinajstić information content (AvgIpc) is 2.81. The maximum absolute atomic E-state index is 13.1. The zero-order chi connectivity index (χ0) is 13.7. The first-order valence-electron chi connectivity index (χ1n) is 7.15. The predicted molar refractivity (Wildman–Crippen MR) is 76.5 cm³/mol. The van der Waals surface area contributed by atoms with E-state index in [4.69, 9.17) is 10.2 Å². The molecule has 19 heavy (non-hydrogen) atoms. The average molecular weight is 263 g/mol. The van der Waals surface area contributed by atoms with E-state index in [0.717, 1.165) is 24.0 Å². The molecule has 0 amide bonds. The van der Waals surface area contributed by atoms with Crippen LogP contribution in [0.2, 0.25) is 0 Å². The fourth-order valence-electron chi connectivity index (χ4n) is 2.33. The number of unbranched alkanes of at least 4 members (excludes halogenated alkanes) is 4. The fourth-order valence-corrected chi connectivity index (χ4v) is 2.33. The summed E-state index contributed by atoms with van der Waals surface area (Å²) in [5, 5.41) is 0.788. The predicted octanol–water partition coefficient (Wildman–Crippen LogP) is 4.93. The van der Waals surface area contributed by atoms with E-state index in [1.54, 1.807) is 6.07 Å². The first-order chi connectivity index (χ1) is 9.20. The minimum Gasteiger partial charge on any atom is -0.459 e. The van der Waals surface area contributed by atoms with Crippen molar-refractivity contribution in [1.82, 2.24) is 0 Å². The van der Waals surface area contributed by atoms with Crippen LogP contribution in [0.15, 0.2) is 28.7 Å². The lowest BCUT2D eigenvalue weighted by Crippen LogP contribution is -2.08. The van der Waals surface area contributed by atoms with E-state index >= 15 is 0 Å². The number of halogens is 1. The van der Waals surface area contributed by atoms with Gasteiger partial charge in [0.15, 0.2) is 0 Å². The third-order valence-electron chi connectivity index (χ3n) is 3.48. The number of furan rings is 1. The first kappa shape index (κ1) is 14.1. The van der Waals surface area contributed by atoms with Gasteiger partial charge in [-0.15, -0.1) is 0 Å². The summed E-state index contributed by atoms with van der Waals surface area (Å²) >= 11 is 0. The van der Waals surface area contributed by atoms with E-state index in [1.807, 2.05) is 6.07 Å². The highest BCUT2D eigenvalue weighted by atomic mass is 19.1. The maximum atomic E-state index is 13.1. The van der Waals surface area contributed by atoms with E-state index in [0.29, 0.717) is 5.58 Å². The molecule has 3 heteroatoms. The van der Waals surface area contributed by atoms with Gasteiger partial charge in [0, 0.05) is 5.39 Å². The van der Waals surface area contributed by atoms with Gasteiger partial charge in [0.25, 0.3) is 0 Å². The largest absolute Gasteiger partial charge is 0.459 e. The van der Waals surface area contributed by atoms with Crippen molar-refractivity contribution in [1.29, 1.82) is 0 Å². The van der Waals surface area contributed by atoms with Gasteiger partial charge in [0.05, 0.1) is 6.04 Å². The van der Waals surface area contributed by atoms with Gasteiger partial charge in [-0.25, -0.2) is 4.39 Å². The molecule has 2 N–H and O–H groups in total. The fraction of sp³-hybridized carbons (Fsp3) is 0.500. The van der Waals surface area contributed by atoms with Crippen molar-refractivity contribution in [3.63, 3.8) is 0 Å². The van der Waals surface area contributed by atoms with Crippen LogP contribution < -0.4 is 5.73 Å². The van der Waals surface area contributed by atoms with Crippen LogP contribution >= 0.6 is 0 Å². The Morgan fingerprint density at radius 3 is 2.74 bits per heavy atom. The summed E-state index contributed by atoms with van der Waals surface area (Å²) in [6, 6.07) is 6.32. The van der Waals surface area contributed by atoms with Crippen LogP contribution in [0.3, 0.4) is 0 Å². The molecule has 0 saturated carbocycles. The molecule has 1 heterocycles. The molecule has 1 atom stereocenters. The number of hydrogen-bond donors (Lipinski definition) is 1. The Morgan fingerprint density at radius 2 is 1.95 bits per heavy atom. The Kier molecular flexibility index (Phi) is 4.97. The lowest BCUT2D eigenvalue weighted by molar-refractivity contribution is 0.459. The molecular weight excluding hydrogens is 241 g/mol. The van der Waals surface area contributed by atoms with E-state index < -0.39 is 0 Å². The smallest absolute Gasteiger partial charge is 0.134 e. The quantitative estimate of drug-likeness (QED) is 0.719. The second-order valence-corrected chi connectivity index (χ2v) is 5.14. The Hall–Kier alpha value is -1.35. The zero-order valence-corrected chi connectivity index (χ0v) is 11.5. The third-order valence-corrected chi connectivity index (χ3v) is 3.48. The number of benzene rings is 1. The van der Waals surface area contributed by atoms with Gasteiger partial charge in [0.1, 0.15) is 17.2 Å². The highest BCUT2D eigenvalue weighted by Crippen LogP contribution is 2.26. The Bertz CT molecular complexity index is 520. The molecule has 2 nitrogen and oxygen atoms in total. The number of hydrogen-bond acceptors (Lipinski definition) is 2.